The van der Waals surface area contributed by atoms with E-state index in [1.165, 1.54) is 38.5 Å². The van der Waals surface area contributed by atoms with Gasteiger partial charge in [-0.3, -0.25) is 4.99 Å². The molecular weight excluding hydrogens is 208 g/mol. The standard InChI is InChI=1S/C15H22N2/c1-2-7-15(14-10-16-11-17-14)8-12-5-3-4-6-13(12)9-15/h5-6,11,14H,2-4,7-10H2,1H3,(H,16,17). The van der Waals surface area contributed by atoms with Gasteiger partial charge in [0.15, 0.2) is 0 Å². The zero-order valence-corrected chi connectivity index (χ0v) is 10.7. The SMILES string of the molecule is CCCC1(C2CN=CN2)CC2=CCCC=C2C1. The lowest BCUT2D eigenvalue weighted by atomic mass is 9.74. The molecule has 0 radical (unpaired) electrons. The molecule has 1 atom stereocenters. The van der Waals surface area contributed by atoms with Crippen molar-refractivity contribution in [1.29, 1.82) is 0 Å². The van der Waals surface area contributed by atoms with Crippen LogP contribution in [0.15, 0.2) is 28.3 Å². The Balaban J connectivity index is 1.86. The lowest BCUT2D eigenvalue weighted by Crippen LogP contribution is -2.42. The average molecular weight is 230 g/mol. The highest BCUT2D eigenvalue weighted by atomic mass is 15.1. The van der Waals surface area contributed by atoms with Crippen LogP contribution in [0, 0.1) is 5.41 Å². The Morgan fingerprint density at radius 2 is 2.00 bits per heavy atom. The molecule has 3 aliphatic rings. The molecule has 2 aliphatic carbocycles. The number of nitrogens with one attached hydrogen (secondary N) is 1. The van der Waals surface area contributed by atoms with Crippen LogP contribution in [0.2, 0.25) is 0 Å². The zero-order valence-electron chi connectivity index (χ0n) is 10.7. The van der Waals surface area contributed by atoms with Crippen LogP contribution in [0.5, 0.6) is 0 Å². The molecule has 2 nitrogen and oxygen atoms in total. The van der Waals surface area contributed by atoms with Gasteiger partial charge in [-0.25, -0.2) is 0 Å². The van der Waals surface area contributed by atoms with E-state index >= 15 is 0 Å². The van der Waals surface area contributed by atoms with Gasteiger partial charge in [0.1, 0.15) is 0 Å². The number of rotatable bonds is 3. The Morgan fingerprint density at radius 1 is 1.29 bits per heavy atom. The van der Waals surface area contributed by atoms with Gasteiger partial charge in [0.05, 0.1) is 18.9 Å². The molecule has 17 heavy (non-hydrogen) atoms. The minimum Gasteiger partial charge on any atom is -0.371 e. The molecular formula is C15H22N2. The van der Waals surface area contributed by atoms with Gasteiger partial charge in [-0.15, -0.1) is 0 Å². The fraction of sp³-hybridized carbons (Fsp3) is 0.667. The van der Waals surface area contributed by atoms with E-state index in [0.29, 0.717) is 11.5 Å². The fourth-order valence-corrected chi connectivity index (χ4v) is 3.79. The van der Waals surface area contributed by atoms with Gasteiger partial charge in [0.2, 0.25) is 0 Å². The fourth-order valence-electron chi connectivity index (χ4n) is 3.79. The minimum absolute atomic E-state index is 0.438. The predicted octanol–water partition coefficient (Wildman–Crippen LogP) is 3.21. The molecule has 0 amide bonds. The number of fused-ring (bicyclic) bond motifs is 1. The monoisotopic (exact) mass is 230 g/mol. The summed E-state index contributed by atoms with van der Waals surface area (Å²) in [5.41, 5.74) is 3.71. The van der Waals surface area contributed by atoms with Crippen molar-refractivity contribution < 1.29 is 0 Å². The van der Waals surface area contributed by atoms with Crippen LogP contribution >= 0.6 is 0 Å². The highest BCUT2D eigenvalue weighted by Gasteiger charge is 2.45. The normalized spacial score (nSPS) is 29.6. The third kappa shape index (κ3) is 1.84. The van der Waals surface area contributed by atoms with Crippen molar-refractivity contribution in [2.24, 2.45) is 10.4 Å². The summed E-state index contributed by atoms with van der Waals surface area (Å²) >= 11 is 0. The number of allylic oxidation sites excluding steroid dienone is 4. The number of hydrogen-bond donors (Lipinski definition) is 1. The first-order valence-electron chi connectivity index (χ1n) is 6.97. The minimum atomic E-state index is 0.438. The molecule has 0 aromatic carbocycles. The van der Waals surface area contributed by atoms with Gasteiger partial charge >= 0.3 is 0 Å². The quantitative estimate of drug-likeness (QED) is 0.791. The predicted molar refractivity (Wildman–Crippen MR) is 72.3 cm³/mol. The molecule has 1 saturated carbocycles. The molecule has 92 valence electrons. The molecule has 0 aromatic rings. The Labute approximate surface area is 104 Å². The zero-order chi connectivity index (χ0) is 11.7. The molecule has 0 spiro atoms. The van der Waals surface area contributed by atoms with Crippen molar-refractivity contribution in [2.75, 3.05) is 6.54 Å². The summed E-state index contributed by atoms with van der Waals surface area (Å²) in [6.45, 7) is 3.28. The van der Waals surface area contributed by atoms with Gasteiger partial charge in [0.25, 0.3) is 0 Å². The van der Waals surface area contributed by atoms with Crippen molar-refractivity contribution in [3.8, 4) is 0 Å². The van der Waals surface area contributed by atoms with Crippen LogP contribution in [0.3, 0.4) is 0 Å². The van der Waals surface area contributed by atoms with Crippen LogP contribution in [0.25, 0.3) is 0 Å². The molecule has 1 N–H and O–H groups in total. The van der Waals surface area contributed by atoms with Gasteiger partial charge in [-0.2, -0.15) is 0 Å². The van der Waals surface area contributed by atoms with E-state index in [1.54, 1.807) is 11.1 Å². The van der Waals surface area contributed by atoms with E-state index in [-0.39, 0.29) is 0 Å². The highest BCUT2D eigenvalue weighted by molar-refractivity contribution is 5.58. The maximum absolute atomic E-state index is 4.38. The lowest BCUT2D eigenvalue weighted by Gasteiger charge is -2.34. The highest BCUT2D eigenvalue weighted by Crippen LogP contribution is 2.51. The molecule has 1 fully saturated rings. The summed E-state index contributed by atoms with van der Waals surface area (Å²) in [5, 5.41) is 3.49. The second kappa shape index (κ2) is 4.32. The first-order chi connectivity index (χ1) is 8.34. The molecule has 0 bridgehead atoms. The third-order valence-electron chi connectivity index (χ3n) is 4.59. The third-order valence-corrected chi connectivity index (χ3v) is 4.59. The van der Waals surface area contributed by atoms with E-state index in [4.69, 9.17) is 0 Å². The number of hydrogen-bond acceptors (Lipinski definition) is 2. The van der Waals surface area contributed by atoms with Crippen molar-refractivity contribution in [2.45, 2.75) is 51.5 Å². The Hall–Kier alpha value is -1.05. The summed E-state index contributed by atoms with van der Waals surface area (Å²) in [6, 6.07) is 0.565. The molecule has 3 rings (SSSR count). The molecule has 2 heteroatoms. The molecule has 1 aliphatic heterocycles. The van der Waals surface area contributed by atoms with Gasteiger partial charge in [-0.05, 0) is 43.3 Å². The first-order valence-corrected chi connectivity index (χ1v) is 6.97. The maximum atomic E-state index is 4.38. The van der Waals surface area contributed by atoms with E-state index in [1.807, 2.05) is 6.34 Å². The second-order valence-electron chi connectivity index (χ2n) is 5.72. The Kier molecular flexibility index (Phi) is 2.81. The van der Waals surface area contributed by atoms with Crippen molar-refractivity contribution in [3.05, 3.63) is 23.3 Å². The van der Waals surface area contributed by atoms with Crippen LogP contribution in [0.1, 0.15) is 45.4 Å². The molecule has 1 heterocycles. The van der Waals surface area contributed by atoms with E-state index in [0.717, 1.165) is 6.54 Å². The average Bonchev–Trinajstić information content (AvgIpc) is 2.96. The van der Waals surface area contributed by atoms with Crippen LogP contribution in [0.4, 0.5) is 0 Å². The van der Waals surface area contributed by atoms with E-state index in [9.17, 15) is 0 Å². The first kappa shape index (κ1) is 11.1. The topological polar surface area (TPSA) is 24.4 Å². The van der Waals surface area contributed by atoms with Crippen molar-refractivity contribution in [1.82, 2.24) is 5.32 Å². The Bertz CT molecular complexity index is 360. The van der Waals surface area contributed by atoms with Crippen LogP contribution < -0.4 is 5.32 Å². The van der Waals surface area contributed by atoms with Crippen LogP contribution in [-0.4, -0.2) is 18.9 Å². The summed E-state index contributed by atoms with van der Waals surface area (Å²) in [6.07, 6.45) is 14.5. The van der Waals surface area contributed by atoms with Crippen molar-refractivity contribution >= 4 is 6.34 Å². The van der Waals surface area contributed by atoms with Crippen LogP contribution in [-0.2, 0) is 0 Å². The summed E-state index contributed by atoms with van der Waals surface area (Å²) in [7, 11) is 0. The summed E-state index contributed by atoms with van der Waals surface area (Å²) < 4.78 is 0. The second-order valence-corrected chi connectivity index (χ2v) is 5.72. The maximum Gasteiger partial charge on any atom is 0.0827 e. The lowest BCUT2D eigenvalue weighted by molar-refractivity contribution is 0.216. The Morgan fingerprint density at radius 3 is 2.53 bits per heavy atom. The smallest absolute Gasteiger partial charge is 0.0827 e. The van der Waals surface area contributed by atoms with Gasteiger partial charge in [0, 0.05) is 5.41 Å². The summed E-state index contributed by atoms with van der Waals surface area (Å²) in [5.74, 6) is 0. The van der Waals surface area contributed by atoms with E-state index < -0.39 is 0 Å². The summed E-state index contributed by atoms with van der Waals surface area (Å²) in [4.78, 5) is 4.38. The van der Waals surface area contributed by atoms with Gasteiger partial charge in [-0.1, -0.05) is 25.5 Å². The van der Waals surface area contributed by atoms with Gasteiger partial charge < -0.3 is 5.32 Å². The number of aliphatic imine (C=N–C) groups is 1. The largest absolute Gasteiger partial charge is 0.371 e. The molecule has 0 aromatic heterocycles. The molecule has 1 unspecified atom stereocenters. The van der Waals surface area contributed by atoms with E-state index in [2.05, 4.69) is 29.4 Å². The molecule has 0 saturated heterocycles. The van der Waals surface area contributed by atoms with Crippen molar-refractivity contribution in [3.63, 3.8) is 0 Å². The number of nitrogens with zero attached hydrogens (tertiary/aromatic N) is 1.